The molecule has 0 radical (unpaired) electrons. The standard InChI is InChI=1S/C62H66FN3O2S2/c1-2-59(67)61-57(48-34-36-52(63)37-35-48)46-53-38-39-58(61)66(53)42-21-41-65(43-45-70(54-28-15-6-16-29-54,55-30-17-7-18-31-55)56-32-19-8-20-33-56)47-60(68)64-40-44-69-62(49-22-9-3-10-23-49,50-24-11-4-12-25-50)51-26-13-5-14-27-51/h3-20,22-37,53,57-58,61H,2,21,38-47H2,1H3,(H,64,68)/t53?,57-,58?,61-/m0/s1. The summed E-state index contributed by atoms with van der Waals surface area (Å²) < 4.78 is 13.6. The topological polar surface area (TPSA) is 52.7 Å². The third kappa shape index (κ3) is 10.8. The number of thioether (sulfide) groups is 1. The second-order valence-corrected chi connectivity index (χ2v) is 23.4. The molecule has 2 unspecified atom stereocenters. The maximum atomic E-state index is 14.4. The lowest BCUT2D eigenvalue weighted by Crippen LogP contribution is -2.51. The maximum absolute atomic E-state index is 14.4. The third-order valence-corrected chi connectivity index (χ3v) is 20.3. The van der Waals surface area contributed by atoms with Gasteiger partial charge < -0.3 is 5.32 Å². The first-order chi connectivity index (χ1) is 34.4. The summed E-state index contributed by atoms with van der Waals surface area (Å²) in [6, 6.07) is 72.4. The third-order valence-electron chi connectivity index (χ3n) is 14.8. The van der Waals surface area contributed by atoms with Crippen molar-refractivity contribution in [2.75, 3.05) is 44.2 Å². The van der Waals surface area contributed by atoms with E-state index in [9.17, 15) is 14.0 Å². The molecule has 0 aromatic heterocycles. The molecule has 1 N–H and O–H groups in total. The molecular formula is C62H66FN3O2S2. The van der Waals surface area contributed by atoms with Crippen LogP contribution in [0.25, 0.3) is 0 Å². The Bertz CT molecular complexity index is 2520. The van der Waals surface area contributed by atoms with Crippen LogP contribution in [0.4, 0.5) is 4.39 Å². The maximum Gasteiger partial charge on any atom is 0.234 e. The van der Waals surface area contributed by atoms with Crippen molar-refractivity contribution >= 4 is 33.5 Å². The van der Waals surface area contributed by atoms with Gasteiger partial charge in [0.2, 0.25) is 5.91 Å². The molecule has 0 saturated carbocycles. The minimum absolute atomic E-state index is 0.0267. The van der Waals surface area contributed by atoms with E-state index in [1.807, 2.05) is 30.8 Å². The van der Waals surface area contributed by atoms with Crippen LogP contribution in [-0.4, -0.2) is 77.8 Å². The number of carbonyl (C=O) groups is 2. The highest BCUT2D eigenvalue weighted by atomic mass is 32.3. The van der Waals surface area contributed by atoms with E-state index in [2.05, 4.69) is 197 Å². The van der Waals surface area contributed by atoms with Gasteiger partial charge in [-0.15, -0.1) is 11.8 Å². The molecule has 0 aliphatic carbocycles. The number of Topliss-reactive ketones (excluding diaryl/α,β-unsaturated/α-hetero) is 1. The number of rotatable bonds is 22. The molecule has 7 aromatic carbocycles. The van der Waals surface area contributed by atoms with Crippen molar-refractivity contribution in [3.05, 3.63) is 234 Å². The fourth-order valence-corrected chi connectivity index (χ4v) is 16.9. The fraction of sp³-hybridized carbons (Fsp3) is 0.290. The number of nitrogens with one attached hydrogen (secondary N) is 1. The number of amides is 1. The fourth-order valence-electron chi connectivity index (χ4n) is 11.5. The van der Waals surface area contributed by atoms with Gasteiger partial charge in [0, 0.05) is 49.0 Å². The molecule has 5 nitrogen and oxygen atoms in total. The van der Waals surface area contributed by atoms with Crippen molar-refractivity contribution < 1.29 is 14.0 Å². The monoisotopic (exact) mass is 967 g/mol. The molecule has 360 valence electrons. The van der Waals surface area contributed by atoms with Crippen molar-refractivity contribution in [1.29, 1.82) is 0 Å². The predicted molar refractivity (Wildman–Crippen MR) is 288 cm³/mol. The summed E-state index contributed by atoms with van der Waals surface area (Å²) in [5.74, 6) is 1.64. The molecule has 4 atom stereocenters. The summed E-state index contributed by atoms with van der Waals surface area (Å²) in [6.45, 7) is 5.13. The van der Waals surface area contributed by atoms with Crippen molar-refractivity contribution in [3.8, 4) is 0 Å². The molecule has 8 heteroatoms. The van der Waals surface area contributed by atoms with Crippen LogP contribution in [0.2, 0.25) is 0 Å². The van der Waals surface area contributed by atoms with E-state index in [4.69, 9.17) is 0 Å². The first kappa shape index (κ1) is 49.2. The molecule has 2 aliphatic heterocycles. The Morgan fingerprint density at radius 1 is 0.657 bits per heavy atom. The summed E-state index contributed by atoms with van der Waals surface area (Å²) in [7, 11) is -1.74. The van der Waals surface area contributed by atoms with Gasteiger partial charge in [-0.3, -0.25) is 19.4 Å². The van der Waals surface area contributed by atoms with Crippen LogP contribution in [-0.2, 0) is 14.3 Å². The highest BCUT2D eigenvalue weighted by molar-refractivity contribution is 8.33. The molecule has 9 rings (SSSR count). The largest absolute Gasteiger partial charge is 0.354 e. The molecule has 2 fully saturated rings. The van der Waals surface area contributed by atoms with E-state index in [1.54, 1.807) is 0 Å². The van der Waals surface area contributed by atoms with E-state index in [0.29, 0.717) is 30.5 Å². The molecular weight excluding hydrogens is 902 g/mol. The van der Waals surface area contributed by atoms with Crippen LogP contribution in [0, 0.1) is 11.7 Å². The zero-order valence-electron chi connectivity index (χ0n) is 40.3. The van der Waals surface area contributed by atoms with Gasteiger partial charge >= 0.3 is 0 Å². The minimum atomic E-state index is -1.74. The lowest BCUT2D eigenvalue weighted by Gasteiger charge is -2.45. The van der Waals surface area contributed by atoms with Crippen LogP contribution < -0.4 is 5.32 Å². The lowest BCUT2D eigenvalue weighted by molar-refractivity contribution is -0.127. The molecule has 2 heterocycles. The SMILES string of the molecule is CCC(=O)[C@@H]1C2CCC(C[C@H]1c1ccc(F)cc1)N2CCCN(CCS(c1ccccc1)(c1ccccc1)c1ccccc1)CC(=O)NCCSC(c1ccccc1)(c1ccccc1)c1ccccc1. The van der Waals surface area contributed by atoms with Crippen LogP contribution >= 0.6 is 21.8 Å². The number of hydrogen-bond donors (Lipinski definition) is 1. The Kier molecular flexibility index (Phi) is 16.5. The second-order valence-electron chi connectivity index (χ2n) is 18.8. The van der Waals surface area contributed by atoms with Crippen molar-refractivity contribution in [3.63, 3.8) is 0 Å². The average Bonchev–Trinajstić information content (AvgIpc) is 3.69. The van der Waals surface area contributed by atoms with E-state index >= 15 is 0 Å². The Morgan fingerprint density at radius 3 is 1.63 bits per heavy atom. The second kappa shape index (κ2) is 23.4. The van der Waals surface area contributed by atoms with Gasteiger partial charge in [0.25, 0.3) is 0 Å². The molecule has 0 spiro atoms. The Morgan fingerprint density at radius 2 is 1.14 bits per heavy atom. The normalized spacial score (nSPS) is 18.4. The van der Waals surface area contributed by atoms with Gasteiger partial charge in [0.15, 0.2) is 0 Å². The highest BCUT2D eigenvalue weighted by Gasteiger charge is 2.49. The van der Waals surface area contributed by atoms with Crippen molar-refractivity contribution in [1.82, 2.24) is 15.1 Å². The predicted octanol–water partition coefficient (Wildman–Crippen LogP) is 13.3. The summed E-state index contributed by atoms with van der Waals surface area (Å²) in [4.78, 5) is 37.2. The Labute approximate surface area is 421 Å². The Balaban J connectivity index is 0.958. The Hall–Kier alpha value is -5.77. The van der Waals surface area contributed by atoms with Gasteiger partial charge in [0.05, 0.1) is 11.3 Å². The van der Waals surface area contributed by atoms with Gasteiger partial charge in [-0.2, -0.15) is 10.0 Å². The van der Waals surface area contributed by atoms with E-state index in [0.717, 1.165) is 56.6 Å². The van der Waals surface area contributed by atoms with Crippen LogP contribution in [0.15, 0.2) is 221 Å². The minimum Gasteiger partial charge on any atom is -0.354 e. The zero-order valence-corrected chi connectivity index (χ0v) is 42.0. The molecule has 2 bridgehead atoms. The van der Waals surface area contributed by atoms with Gasteiger partial charge in [0.1, 0.15) is 11.6 Å². The van der Waals surface area contributed by atoms with Crippen molar-refractivity contribution in [2.45, 2.75) is 76.5 Å². The molecule has 2 aliphatic rings. The number of carbonyl (C=O) groups excluding carboxylic acids is 2. The summed E-state index contributed by atoms with van der Waals surface area (Å²) >= 11 is 1.86. The first-order valence-electron chi connectivity index (χ1n) is 25.2. The van der Waals surface area contributed by atoms with E-state index in [1.165, 1.54) is 43.5 Å². The molecule has 70 heavy (non-hydrogen) atoms. The van der Waals surface area contributed by atoms with E-state index < -0.39 is 14.8 Å². The van der Waals surface area contributed by atoms with Gasteiger partial charge in [-0.1, -0.05) is 165 Å². The number of ketones is 1. The van der Waals surface area contributed by atoms with E-state index in [-0.39, 0.29) is 36.1 Å². The number of piperidine rings is 1. The quantitative estimate of drug-likeness (QED) is 0.0542. The average molecular weight is 968 g/mol. The summed E-state index contributed by atoms with van der Waals surface area (Å²) in [6.07, 6.45) is 4.35. The molecule has 1 amide bonds. The summed E-state index contributed by atoms with van der Waals surface area (Å²) in [5, 5.41) is 3.38. The first-order valence-corrected chi connectivity index (χ1v) is 28.0. The smallest absolute Gasteiger partial charge is 0.234 e. The van der Waals surface area contributed by atoms with Crippen LogP contribution in [0.1, 0.15) is 67.2 Å². The lowest BCUT2D eigenvalue weighted by atomic mass is 9.73. The van der Waals surface area contributed by atoms with Crippen molar-refractivity contribution in [2.24, 2.45) is 5.92 Å². The molecule has 7 aromatic rings. The number of fused-ring (bicyclic) bond motifs is 2. The number of benzene rings is 7. The van der Waals surface area contributed by atoms with Crippen LogP contribution in [0.3, 0.4) is 0 Å². The van der Waals surface area contributed by atoms with Gasteiger partial charge in [-0.05, 0) is 130 Å². The number of halogens is 1. The highest BCUT2D eigenvalue weighted by Crippen LogP contribution is 2.68. The zero-order chi connectivity index (χ0) is 48.2. The van der Waals surface area contributed by atoms with Gasteiger partial charge in [-0.25, -0.2) is 4.39 Å². The molecule has 2 saturated heterocycles. The number of hydrogen-bond acceptors (Lipinski definition) is 5. The summed E-state index contributed by atoms with van der Waals surface area (Å²) in [5.41, 5.74) is 4.69. The van der Waals surface area contributed by atoms with Crippen LogP contribution in [0.5, 0.6) is 0 Å². The number of nitrogens with zero attached hydrogens (tertiary/aromatic N) is 2.